The lowest BCUT2D eigenvalue weighted by Crippen LogP contribution is -2.67. The molecule has 0 unspecified atom stereocenters. The van der Waals surface area contributed by atoms with E-state index in [2.05, 4.69) is 0 Å². The van der Waals surface area contributed by atoms with E-state index in [1.807, 2.05) is 113 Å². The Labute approximate surface area is 341 Å². The van der Waals surface area contributed by atoms with Gasteiger partial charge in [-0.25, -0.2) is 22.4 Å². The molecule has 0 saturated carbocycles. The van der Waals surface area contributed by atoms with Crippen molar-refractivity contribution >= 4 is 30.2 Å². The van der Waals surface area contributed by atoms with Crippen LogP contribution in [0.4, 0.5) is 17.6 Å². The first kappa shape index (κ1) is 43.3. The van der Waals surface area contributed by atoms with Crippen molar-refractivity contribution in [2.75, 3.05) is 33.0 Å². The summed E-state index contributed by atoms with van der Waals surface area (Å²) >= 11 is 0. The minimum absolute atomic E-state index is 0.0455. The summed E-state index contributed by atoms with van der Waals surface area (Å²) in [5, 5.41) is 9.92. The molecule has 2 atom stereocenters. The van der Waals surface area contributed by atoms with Crippen LogP contribution < -0.4 is 15.1 Å². The monoisotopic (exact) mass is 817 g/mol. The van der Waals surface area contributed by atoms with E-state index in [-0.39, 0.29) is 24.5 Å². The molecule has 4 aromatic carbocycles. The van der Waals surface area contributed by atoms with Crippen molar-refractivity contribution in [2.45, 2.75) is 95.7 Å². The normalized spacial score (nSPS) is 17.3. The second kappa shape index (κ2) is 18.7. The first-order chi connectivity index (χ1) is 27.7. The maximum absolute atomic E-state index is 16.8. The van der Waals surface area contributed by atoms with E-state index < -0.39 is 62.1 Å². The maximum Gasteiger partial charge on any atom is 0.329 e. The second-order valence-corrected chi connectivity index (χ2v) is 20.9. The zero-order valence-electron chi connectivity index (χ0n) is 33.9. The summed E-state index contributed by atoms with van der Waals surface area (Å²) < 4.78 is 84.1. The Balaban J connectivity index is 1.24. The van der Waals surface area contributed by atoms with Crippen LogP contribution in [0.2, 0.25) is 5.04 Å². The predicted molar refractivity (Wildman–Crippen MR) is 223 cm³/mol. The zero-order valence-corrected chi connectivity index (χ0v) is 34.9. The van der Waals surface area contributed by atoms with Crippen LogP contribution in [-0.4, -0.2) is 69.2 Å². The number of carboxylic acid groups (broad SMARTS) is 1. The molecule has 1 N–H and O–H groups in total. The quantitative estimate of drug-likeness (QED) is 0.0578. The molecule has 58 heavy (non-hydrogen) atoms. The second-order valence-electron chi connectivity index (χ2n) is 16.6. The molecule has 0 spiro atoms. The van der Waals surface area contributed by atoms with Gasteiger partial charge in [-0.3, -0.25) is 4.90 Å². The van der Waals surface area contributed by atoms with E-state index in [0.717, 1.165) is 58.3 Å². The minimum atomic E-state index is -3.38. The van der Waals surface area contributed by atoms with Crippen molar-refractivity contribution in [2.24, 2.45) is 0 Å². The number of carboxylic acids is 1. The predicted octanol–water partition coefficient (Wildman–Crippen LogP) is 9.75. The molecule has 2 aliphatic rings. The van der Waals surface area contributed by atoms with Crippen LogP contribution in [0.1, 0.15) is 89.0 Å². The third-order valence-electron chi connectivity index (χ3n) is 11.4. The molecule has 6 nitrogen and oxygen atoms in total. The van der Waals surface area contributed by atoms with Crippen molar-refractivity contribution in [3.8, 4) is 5.75 Å². The highest BCUT2D eigenvalue weighted by molar-refractivity contribution is 6.99. The number of nitrogens with zero attached hydrogens (tertiary/aromatic N) is 1. The molecule has 6 rings (SSSR count). The van der Waals surface area contributed by atoms with Gasteiger partial charge in [0.15, 0.2) is 0 Å². The van der Waals surface area contributed by atoms with E-state index in [1.165, 1.54) is 12.1 Å². The Morgan fingerprint density at radius 1 is 0.828 bits per heavy atom. The Morgan fingerprint density at radius 2 is 1.40 bits per heavy atom. The maximum atomic E-state index is 16.8. The number of carbonyl (C=O) groups is 1. The summed E-state index contributed by atoms with van der Waals surface area (Å²) in [5.41, 5.74) is 3.46. The Morgan fingerprint density at radius 3 is 2.00 bits per heavy atom. The minimum Gasteiger partial charge on any atom is -0.493 e. The molecular formula is C47H55F4NO5Si. The molecule has 0 fully saturated rings. The van der Waals surface area contributed by atoms with Crippen LogP contribution in [0.3, 0.4) is 0 Å². The van der Waals surface area contributed by atoms with Gasteiger partial charge in [-0.1, -0.05) is 125 Å². The molecule has 310 valence electrons. The van der Waals surface area contributed by atoms with Crippen molar-refractivity contribution in [1.29, 1.82) is 0 Å². The summed E-state index contributed by atoms with van der Waals surface area (Å²) in [4.78, 5) is 12.1. The number of halogens is 4. The molecular weight excluding hydrogens is 763 g/mol. The fourth-order valence-electron chi connectivity index (χ4n) is 8.79. The highest BCUT2D eigenvalue weighted by atomic mass is 28.4. The van der Waals surface area contributed by atoms with Gasteiger partial charge in [-0.05, 0) is 70.3 Å². The molecule has 1 aliphatic carbocycles. The Hall–Kier alpha value is -4.29. The van der Waals surface area contributed by atoms with Crippen LogP contribution in [0.15, 0.2) is 103 Å². The molecule has 0 saturated heterocycles. The van der Waals surface area contributed by atoms with Crippen LogP contribution in [0, 0.1) is 11.6 Å². The fraction of sp³-hybridized carbons (Fsp3) is 0.426. The molecule has 0 aromatic heterocycles. The number of hydrogen-bond acceptors (Lipinski definition) is 5. The number of aliphatic carboxylic acids is 1. The van der Waals surface area contributed by atoms with Gasteiger partial charge < -0.3 is 19.0 Å². The fourth-order valence-corrected chi connectivity index (χ4v) is 13.4. The lowest BCUT2D eigenvalue weighted by atomic mass is 9.84. The van der Waals surface area contributed by atoms with Gasteiger partial charge in [0.1, 0.15) is 24.0 Å². The van der Waals surface area contributed by atoms with E-state index in [4.69, 9.17) is 19.0 Å². The van der Waals surface area contributed by atoms with Crippen molar-refractivity contribution in [3.63, 3.8) is 0 Å². The number of benzene rings is 4. The Kier molecular flexibility index (Phi) is 14.0. The first-order valence-corrected chi connectivity index (χ1v) is 22.2. The first-order valence-electron chi connectivity index (χ1n) is 20.3. The van der Waals surface area contributed by atoms with Crippen LogP contribution in [-0.2, 0) is 20.4 Å². The molecule has 0 bridgehead atoms. The van der Waals surface area contributed by atoms with Gasteiger partial charge in [0.05, 0.1) is 25.8 Å². The van der Waals surface area contributed by atoms with Gasteiger partial charge in [0.25, 0.3) is 14.2 Å². The largest absolute Gasteiger partial charge is 0.493 e. The van der Waals surface area contributed by atoms with Crippen LogP contribution in [0.25, 0.3) is 5.57 Å². The van der Waals surface area contributed by atoms with Crippen molar-refractivity contribution < 1.29 is 41.4 Å². The lowest BCUT2D eigenvalue weighted by molar-refractivity contribution is -0.142. The number of rotatable bonds is 19. The van der Waals surface area contributed by atoms with E-state index in [0.29, 0.717) is 25.9 Å². The lowest BCUT2D eigenvalue weighted by Gasteiger charge is -2.46. The van der Waals surface area contributed by atoms with Crippen LogP contribution in [0.5, 0.6) is 5.75 Å². The topological polar surface area (TPSA) is 68.2 Å². The number of ether oxygens (including phenoxy) is 2. The molecule has 1 aliphatic heterocycles. The van der Waals surface area contributed by atoms with Gasteiger partial charge in [0, 0.05) is 30.3 Å². The van der Waals surface area contributed by atoms with Gasteiger partial charge in [-0.2, -0.15) is 0 Å². The molecule has 11 heteroatoms. The third-order valence-corrected chi connectivity index (χ3v) is 16.4. The summed E-state index contributed by atoms with van der Waals surface area (Å²) in [5.74, 6) is -6.01. The van der Waals surface area contributed by atoms with Gasteiger partial charge in [0.2, 0.25) is 0 Å². The van der Waals surface area contributed by atoms with E-state index in [9.17, 15) is 4.79 Å². The highest BCUT2D eigenvalue weighted by Gasteiger charge is 2.53. The highest BCUT2D eigenvalue weighted by Crippen LogP contribution is 2.50. The number of alkyl halides is 2. The number of hydrogen-bond donors (Lipinski definition) is 1. The van der Waals surface area contributed by atoms with Crippen LogP contribution >= 0.6 is 0 Å². The average Bonchev–Trinajstić information content (AvgIpc) is 3.54. The Bertz CT molecular complexity index is 1980. The standard InChI is InChI=1S/C47H55F4NO5Si/c1-33-26-39-38-23-15-14-18-34(38)27-40(39)45(44-41(48)28-35(29-42(44)49)56-25-17-7-5-6-16-24-55-30-43(53)54)52(33)31-47(50,51)32-57-58(46(2,3)4,36-19-10-8-11-20-36)37-21-12-9-13-22-37/h8-15,18-23,28-29,33,45H,5-7,16-17,24-27,30-32H2,1-4H3,(H,53,54)/t33-,45+/m1/s1. The average molecular weight is 818 g/mol. The van der Waals surface area contributed by atoms with E-state index >= 15 is 17.6 Å². The summed E-state index contributed by atoms with van der Waals surface area (Å²) in [6.45, 7) is 6.67. The summed E-state index contributed by atoms with van der Waals surface area (Å²) in [6.07, 6.45) is 4.84. The number of unbranched alkanes of at least 4 members (excludes halogenated alkanes) is 4. The molecule has 0 radical (unpaired) electrons. The number of fused-ring (bicyclic) bond motifs is 2. The molecule has 0 amide bonds. The van der Waals surface area contributed by atoms with Gasteiger partial charge in [-0.15, -0.1) is 0 Å². The molecule has 1 heterocycles. The zero-order chi connectivity index (χ0) is 41.5. The van der Waals surface area contributed by atoms with Crippen molar-refractivity contribution in [3.05, 3.63) is 131 Å². The summed E-state index contributed by atoms with van der Waals surface area (Å²) in [6, 6.07) is 27.9. The smallest absolute Gasteiger partial charge is 0.329 e. The SMILES string of the molecule is C[C@@H]1CC2=C(Cc3ccccc32)[C@@H](c2c(F)cc(OCCCCCCCOCC(=O)O)cc2F)N1CC(F)(F)CO[Si](c1ccccc1)(c1ccccc1)C(C)(C)C. The van der Waals surface area contributed by atoms with Gasteiger partial charge >= 0.3 is 5.97 Å². The third kappa shape index (κ3) is 9.76. The van der Waals surface area contributed by atoms with E-state index in [1.54, 1.807) is 4.90 Å². The van der Waals surface area contributed by atoms with Crippen molar-refractivity contribution in [1.82, 2.24) is 4.90 Å². The summed E-state index contributed by atoms with van der Waals surface area (Å²) in [7, 11) is -3.31. The molecule has 4 aromatic rings.